The van der Waals surface area contributed by atoms with Crippen LogP contribution in [0.5, 0.6) is 0 Å². The standard InChI is InChI=1S/C21H27NO6/c1-12(2)10-15(20(27)28-21(3,4)5)16(19(25)26)11-22-17(23)13-8-6-7-9-14(13)18(22)24/h6-9,12,15-16H,10-11H2,1-5H3,(H,25,26). The van der Waals surface area contributed by atoms with E-state index in [0.29, 0.717) is 0 Å². The fourth-order valence-corrected chi connectivity index (χ4v) is 3.29. The number of aliphatic carboxylic acids is 1. The Labute approximate surface area is 164 Å². The average molecular weight is 389 g/mol. The van der Waals surface area contributed by atoms with Crippen molar-refractivity contribution in [1.29, 1.82) is 0 Å². The maximum absolute atomic E-state index is 12.7. The van der Waals surface area contributed by atoms with Gasteiger partial charge in [0.25, 0.3) is 11.8 Å². The van der Waals surface area contributed by atoms with E-state index in [2.05, 4.69) is 0 Å². The summed E-state index contributed by atoms with van der Waals surface area (Å²) in [5, 5.41) is 9.80. The van der Waals surface area contributed by atoms with Gasteiger partial charge in [-0.25, -0.2) is 0 Å². The molecular weight excluding hydrogens is 362 g/mol. The fourth-order valence-electron chi connectivity index (χ4n) is 3.29. The van der Waals surface area contributed by atoms with Crippen LogP contribution in [0.25, 0.3) is 0 Å². The number of esters is 1. The summed E-state index contributed by atoms with van der Waals surface area (Å²) in [5.74, 6) is -5.15. The molecule has 2 amide bonds. The number of carboxylic acids is 1. The zero-order valence-corrected chi connectivity index (χ0v) is 16.9. The van der Waals surface area contributed by atoms with Gasteiger partial charge in [-0.2, -0.15) is 0 Å². The molecule has 7 nitrogen and oxygen atoms in total. The molecule has 1 heterocycles. The summed E-state index contributed by atoms with van der Waals surface area (Å²) in [5.41, 5.74) is -0.283. The second-order valence-electron chi connectivity index (χ2n) is 8.48. The molecule has 0 radical (unpaired) electrons. The monoisotopic (exact) mass is 389 g/mol. The van der Waals surface area contributed by atoms with Crippen molar-refractivity contribution in [1.82, 2.24) is 4.90 Å². The molecule has 0 aliphatic carbocycles. The van der Waals surface area contributed by atoms with Gasteiger partial charge >= 0.3 is 11.9 Å². The van der Waals surface area contributed by atoms with Crippen LogP contribution in [0.3, 0.4) is 0 Å². The van der Waals surface area contributed by atoms with E-state index in [1.165, 1.54) is 12.1 Å². The number of benzene rings is 1. The number of ether oxygens (including phenoxy) is 1. The molecular formula is C21H27NO6. The quantitative estimate of drug-likeness (QED) is 0.568. The third kappa shape index (κ3) is 4.77. The maximum Gasteiger partial charge on any atom is 0.310 e. The molecule has 2 atom stereocenters. The lowest BCUT2D eigenvalue weighted by molar-refractivity contribution is -0.167. The average Bonchev–Trinajstić information content (AvgIpc) is 2.80. The predicted molar refractivity (Wildman–Crippen MR) is 102 cm³/mol. The molecule has 1 aromatic carbocycles. The second kappa shape index (κ2) is 8.12. The summed E-state index contributed by atoms with van der Waals surface area (Å²) >= 11 is 0. The first-order valence-electron chi connectivity index (χ1n) is 9.33. The Hall–Kier alpha value is -2.70. The Kier molecular flexibility index (Phi) is 6.27. The van der Waals surface area contributed by atoms with Gasteiger partial charge in [-0.3, -0.25) is 24.1 Å². The molecule has 1 N–H and O–H groups in total. The normalized spacial score (nSPS) is 16.1. The highest BCUT2D eigenvalue weighted by Gasteiger charge is 2.43. The van der Waals surface area contributed by atoms with Crippen LogP contribution < -0.4 is 0 Å². The van der Waals surface area contributed by atoms with Gasteiger partial charge in [-0.05, 0) is 45.2 Å². The lowest BCUT2D eigenvalue weighted by Gasteiger charge is -2.30. The van der Waals surface area contributed by atoms with Crippen molar-refractivity contribution in [2.45, 2.75) is 46.6 Å². The fraction of sp³-hybridized carbons (Fsp3) is 0.524. The first-order chi connectivity index (χ1) is 12.9. The molecule has 7 heteroatoms. The molecule has 0 bridgehead atoms. The van der Waals surface area contributed by atoms with E-state index in [1.54, 1.807) is 32.9 Å². The summed E-state index contributed by atoms with van der Waals surface area (Å²) in [6.07, 6.45) is 0.273. The third-order valence-electron chi connectivity index (χ3n) is 4.50. The van der Waals surface area contributed by atoms with Crippen molar-refractivity contribution in [3.05, 3.63) is 35.4 Å². The lowest BCUT2D eigenvalue weighted by Crippen LogP contribution is -2.44. The Morgan fingerprint density at radius 1 is 1.04 bits per heavy atom. The van der Waals surface area contributed by atoms with Crippen molar-refractivity contribution >= 4 is 23.8 Å². The molecule has 1 aliphatic rings. The number of hydrogen-bond acceptors (Lipinski definition) is 5. The number of carboxylic acid groups (broad SMARTS) is 1. The SMILES string of the molecule is CC(C)CC(C(=O)OC(C)(C)C)C(CN1C(=O)c2ccccc2C1=O)C(=O)O. The number of hydrogen-bond donors (Lipinski definition) is 1. The highest BCUT2D eigenvalue weighted by Crippen LogP contribution is 2.29. The summed E-state index contributed by atoms with van der Waals surface area (Å²) in [6.45, 7) is 8.49. The van der Waals surface area contributed by atoms with E-state index in [-0.39, 0.29) is 30.0 Å². The van der Waals surface area contributed by atoms with Crippen molar-refractivity contribution < 1.29 is 29.0 Å². The van der Waals surface area contributed by atoms with Crippen LogP contribution in [-0.2, 0) is 14.3 Å². The van der Waals surface area contributed by atoms with Crippen molar-refractivity contribution in [2.75, 3.05) is 6.54 Å². The van der Waals surface area contributed by atoms with Gasteiger partial charge in [0.1, 0.15) is 5.60 Å². The van der Waals surface area contributed by atoms with Crippen LogP contribution in [-0.4, -0.2) is 45.9 Å². The van der Waals surface area contributed by atoms with Crippen molar-refractivity contribution in [2.24, 2.45) is 17.8 Å². The molecule has 152 valence electrons. The molecule has 28 heavy (non-hydrogen) atoms. The summed E-state index contributed by atoms with van der Waals surface area (Å²) in [4.78, 5) is 50.9. The molecule has 0 saturated carbocycles. The number of carbonyl (C=O) groups excluding carboxylic acids is 3. The molecule has 0 spiro atoms. The van der Waals surface area contributed by atoms with E-state index < -0.39 is 41.2 Å². The Balaban J connectivity index is 2.32. The van der Waals surface area contributed by atoms with E-state index >= 15 is 0 Å². The van der Waals surface area contributed by atoms with Gasteiger partial charge in [0, 0.05) is 6.54 Å². The van der Waals surface area contributed by atoms with Crippen LogP contribution in [0.2, 0.25) is 0 Å². The second-order valence-corrected chi connectivity index (χ2v) is 8.48. The van der Waals surface area contributed by atoms with Gasteiger partial charge in [0.2, 0.25) is 0 Å². The van der Waals surface area contributed by atoms with Gasteiger partial charge in [-0.15, -0.1) is 0 Å². The Bertz CT molecular complexity index is 757. The van der Waals surface area contributed by atoms with Crippen LogP contribution in [0.1, 0.15) is 61.8 Å². The molecule has 1 aromatic rings. The first kappa shape index (κ1) is 21.6. The summed E-state index contributed by atoms with van der Waals surface area (Å²) < 4.78 is 5.42. The molecule has 0 aromatic heterocycles. The maximum atomic E-state index is 12.7. The topological polar surface area (TPSA) is 101 Å². The molecule has 2 rings (SSSR count). The lowest BCUT2D eigenvalue weighted by atomic mass is 9.84. The van der Waals surface area contributed by atoms with E-state index in [4.69, 9.17) is 4.74 Å². The van der Waals surface area contributed by atoms with Gasteiger partial charge in [-0.1, -0.05) is 26.0 Å². The minimum atomic E-state index is -1.25. The number of rotatable bonds is 7. The zero-order chi connectivity index (χ0) is 21.2. The molecule has 2 unspecified atom stereocenters. The highest BCUT2D eigenvalue weighted by molar-refractivity contribution is 6.21. The first-order valence-corrected chi connectivity index (χ1v) is 9.33. The largest absolute Gasteiger partial charge is 0.481 e. The summed E-state index contributed by atoms with van der Waals surface area (Å²) in [6, 6.07) is 6.35. The van der Waals surface area contributed by atoms with E-state index in [0.717, 1.165) is 4.90 Å². The summed E-state index contributed by atoms with van der Waals surface area (Å²) in [7, 11) is 0. The van der Waals surface area contributed by atoms with E-state index in [1.807, 2.05) is 13.8 Å². The number of amides is 2. The van der Waals surface area contributed by atoms with Gasteiger partial charge < -0.3 is 9.84 Å². The third-order valence-corrected chi connectivity index (χ3v) is 4.50. The molecule has 0 fully saturated rings. The van der Waals surface area contributed by atoms with Crippen LogP contribution >= 0.6 is 0 Å². The molecule has 0 saturated heterocycles. The Morgan fingerprint density at radius 2 is 1.54 bits per heavy atom. The number of imide groups is 1. The minimum Gasteiger partial charge on any atom is -0.481 e. The number of fused-ring (bicyclic) bond motifs is 1. The van der Waals surface area contributed by atoms with Crippen LogP contribution in [0.15, 0.2) is 24.3 Å². The smallest absolute Gasteiger partial charge is 0.310 e. The minimum absolute atomic E-state index is 0.0292. The van der Waals surface area contributed by atoms with Gasteiger partial charge in [0.05, 0.1) is 23.0 Å². The van der Waals surface area contributed by atoms with Gasteiger partial charge in [0.15, 0.2) is 0 Å². The van der Waals surface area contributed by atoms with E-state index in [9.17, 15) is 24.3 Å². The Morgan fingerprint density at radius 3 is 1.93 bits per heavy atom. The van der Waals surface area contributed by atoms with Crippen LogP contribution in [0, 0.1) is 17.8 Å². The predicted octanol–water partition coefficient (Wildman–Crippen LogP) is 2.99. The van der Waals surface area contributed by atoms with Crippen molar-refractivity contribution in [3.63, 3.8) is 0 Å². The number of nitrogens with zero attached hydrogens (tertiary/aromatic N) is 1. The van der Waals surface area contributed by atoms with Crippen LogP contribution in [0.4, 0.5) is 0 Å². The highest BCUT2D eigenvalue weighted by atomic mass is 16.6. The van der Waals surface area contributed by atoms with Crippen molar-refractivity contribution in [3.8, 4) is 0 Å². The zero-order valence-electron chi connectivity index (χ0n) is 16.9. The molecule has 1 aliphatic heterocycles. The number of carbonyl (C=O) groups is 4.